The Balaban J connectivity index is 0.00000214. The monoisotopic (exact) mass is 936 g/mol. The number of hydrogen-bond acceptors (Lipinski definition) is 3. The van der Waals surface area contributed by atoms with Crippen LogP contribution in [0.1, 0.15) is 39.4 Å². The number of anilines is 3. The van der Waals surface area contributed by atoms with Gasteiger partial charge >= 0.3 is 0 Å². The first-order valence-corrected chi connectivity index (χ1v) is 24.2. The van der Waals surface area contributed by atoms with E-state index in [1.807, 2.05) is 17.1 Å². The fraction of sp³-hybridized carbons (Fsp3) is 0.0847. The molecular weight excluding hydrogens is 892 g/mol. The fourth-order valence-electron chi connectivity index (χ4n) is 11.4. The molecule has 3 heterocycles. The van der Waals surface area contributed by atoms with Crippen LogP contribution < -0.4 is 16.4 Å². The molecule has 0 saturated carbocycles. The van der Waals surface area contributed by atoms with E-state index in [-0.39, 0.29) is 12.1 Å². The highest BCUT2D eigenvalue weighted by atomic mass is 127. The summed E-state index contributed by atoms with van der Waals surface area (Å²) in [6, 6.07) is 75.7. The number of nitrogen functional groups attached to an aromatic ring is 1. The number of nitrogens with one attached hydrogen (secondary N) is 2. The molecule has 0 radical (unpaired) electrons. The number of fused-ring (bicyclic) bond motifs is 8. The Morgan fingerprint density at radius 1 is 0.578 bits per heavy atom. The number of rotatable bonds is 6. The Morgan fingerprint density at radius 3 is 2.03 bits per heavy atom. The molecule has 64 heavy (non-hydrogen) atoms. The van der Waals surface area contributed by atoms with Crippen molar-refractivity contribution < 1.29 is 0 Å². The molecule has 10 aromatic rings. The number of aromatic nitrogens is 1. The summed E-state index contributed by atoms with van der Waals surface area (Å²) in [5.41, 5.74) is 28.0. The van der Waals surface area contributed by atoms with Crippen LogP contribution in [0.2, 0.25) is 0 Å². The second-order valence-electron chi connectivity index (χ2n) is 17.1. The van der Waals surface area contributed by atoms with Crippen molar-refractivity contribution in [3.8, 4) is 39.1 Å². The van der Waals surface area contributed by atoms with Crippen LogP contribution in [0, 0.1) is 0 Å². The molecule has 2 aliphatic heterocycles. The third-order valence-corrected chi connectivity index (χ3v) is 14.0. The van der Waals surface area contributed by atoms with Crippen LogP contribution in [-0.2, 0) is 11.8 Å². The van der Waals surface area contributed by atoms with Crippen LogP contribution in [-0.4, -0.2) is 15.5 Å². The minimum Gasteiger partial charge on any atom is -0.397 e. The average molecular weight is 937 g/mol. The fourth-order valence-corrected chi connectivity index (χ4v) is 11.4. The lowest BCUT2D eigenvalue weighted by Gasteiger charge is -2.35. The molecule has 5 heteroatoms. The maximum absolute atomic E-state index is 6.80. The van der Waals surface area contributed by atoms with Gasteiger partial charge in [0.05, 0.1) is 45.6 Å². The lowest BCUT2D eigenvalue weighted by Crippen LogP contribution is -2.35. The molecule has 1 aromatic heterocycles. The van der Waals surface area contributed by atoms with Gasteiger partial charge in [-0.15, -0.1) is 0 Å². The summed E-state index contributed by atoms with van der Waals surface area (Å²) in [7, 11) is 0. The van der Waals surface area contributed by atoms with E-state index >= 15 is 0 Å². The van der Waals surface area contributed by atoms with E-state index in [4.69, 9.17) is 5.73 Å². The van der Waals surface area contributed by atoms with Gasteiger partial charge in [-0.3, -0.25) is 0 Å². The normalized spacial score (nSPS) is 15.1. The van der Waals surface area contributed by atoms with Crippen molar-refractivity contribution in [3.63, 3.8) is 0 Å². The minimum absolute atomic E-state index is 0.0686. The van der Waals surface area contributed by atoms with Gasteiger partial charge in [-0.25, -0.2) is 0 Å². The van der Waals surface area contributed by atoms with Crippen molar-refractivity contribution >= 4 is 61.5 Å². The van der Waals surface area contributed by atoms with Crippen LogP contribution in [0.3, 0.4) is 0 Å². The summed E-state index contributed by atoms with van der Waals surface area (Å²) in [6.45, 7) is 0. The second-order valence-corrected chi connectivity index (χ2v) is 17.1. The van der Waals surface area contributed by atoms with Gasteiger partial charge in [-0.2, -0.15) is 0 Å². The predicted octanol–water partition coefficient (Wildman–Crippen LogP) is 14.6. The summed E-state index contributed by atoms with van der Waals surface area (Å²) in [5, 5.41) is 10.8. The Bertz CT molecular complexity index is 3390. The summed E-state index contributed by atoms with van der Waals surface area (Å²) in [6.07, 6.45) is 0.778. The van der Waals surface area contributed by atoms with E-state index in [9.17, 15) is 0 Å². The van der Waals surface area contributed by atoms with E-state index in [0.717, 1.165) is 23.5 Å². The first-order chi connectivity index (χ1) is 31.7. The Morgan fingerprint density at radius 2 is 1.22 bits per heavy atom. The Labute approximate surface area is 387 Å². The van der Waals surface area contributed by atoms with E-state index in [1.165, 1.54) is 94.3 Å². The molecule has 9 aromatic carbocycles. The maximum Gasteiger partial charge on any atom is 0.0719 e. The minimum atomic E-state index is -0.518. The zero-order valence-corrected chi connectivity index (χ0v) is 37.6. The maximum atomic E-state index is 6.80. The lowest BCUT2D eigenvalue weighted by molar-refractivity contribution is 0.613. The molecule has 3 aliphatic rings. The molecule has 4 N–H and O–H groups in total. The van der Waals surface area contributed by atoms with Crippen molar-refractivity contribution in [3.05, 3.63) is 240 Å². The van der Waals surface area contributed by atoms with Crippen LogP contribution >= 0.6 is 22.6 Å². The van der Waals surface area contributed by atoms with Gasteiger partial charge in [-0.05, 0) is 91.8 Å². The highest BCUT2D eigenvalue weighted by Crippen LogP contribution is 2.57. The molecule has 308 valence electrons. The van der Waals surface area contributed by atoms with Crippen molar-refractivity contribution in [2.45, 2.75) is 23.9 Å². The number of para-hydroxylation sites is 4. The highest BCUT2D eigenvalue weighted by molar-refractivity contribution is 14.1. The number of nitrogens with zero attached hydrogens (tertiary/aromatic N) is 1. The third kappa shape index (κ3) is 5.59. The zero-order valence-electron chi connectivity index (χ0n) is 35.4. The Kier molecular flexibility index (Phi) is 9.23. The van der Waals surface area contributed by atoms with Crippen molar-refractivity contribution in [1.29, 1.82) is 0 Å². The molecule has 13 rings (SSSR count). The molecule has 2 unspecified atom stereocenters. The van der Waals surface area contributed by atoms with E-state index in [0.29, 0.717) is 0 Å². The van der Waals surface area contributed by atoms with Crippen LogP contribution in [0.4, 0.5) is 17.1 Å². The number of hydrogen-bond donors (Lipinski definition) is 3. The summed E-state index contributed by atoms with van der Waals surface area (Å²) < 4.78 is 2.52. The number of nitrogens with two attached hydrogens (primary N) is 1. The molecule has 0 spiro atoms. The van der Waals surface area contributed by atoms with Gasteiger partial charge in [0.1, 0.15) is 0 Å². The first-order valence-electron chi connectivity index (χ1n) is 22.1. The zero-order chi connectivity index (χ0) is 42.9. The molecule has 1 aliphatic carbocycles. The van der Waals surface area contributed by atoms with Gasteiger partial charge in [-0.1, -0.05) is 199 Å². The summed E-state index contributed by atoms with van der Waals surface area (Å²) in [4.78, 5) is 1.97. The summed E-state index contributed by atoms with van der Waals surface area (Å²) in [5.74, 6) is 0. The molecule has 4 nitrogen and oxygen atoms in total. The standard InChI is InChI=1S/C58H42N4.CH3I/c59-48-27-10-11-28-49(48)61-56(37-32-33-41-40-21-7-9-26-46(40)58(47(41)34-37,38-17-3-1-4-18-38)39-19-5-2-6-20-39)51-35-36-16-13-31-53-54(36)55-43(23-15-29-50(55)60-51)45-25-14-24-44-42-22-8-12-30-52(42)62(53)57(44)45;1-2/h1-34,51,56,60-61H,35,59H2;1H3. The van der Waals surface area contributed by atoms with E-state index in [2.05, 4.69) is 232 Å². The lowest BCUT2D eigenvalue weighted by atomic mass is 9.67. The molecule has 0 amide bonds. The van der Waals surface area contributed by atoms with Gasteiger partial charge in [0.25, 0.3) is 0 Å². The summed E-state index contributed by atoms with van der Waals surface area (Å²) >= 11 is 2.15. The van der Waals surface area contributed by atoms with E-state index < -0.39 is 5.41 Å². The largest absolute Gasteiger partial charge is 0.397 e. The molecular formula is C59H45IN4. The first kappa shape index (κ1) is 38.6. The van der Waals surface area contributed by atoms with E-state index in [1.54, 1.807) is 0 Å². The van der Waals surface area contributed by atoms with Crippen LogP contribution in [0.15, 0.2) is 206 Å². The van der Waals surface area contributed by atoms with Crippen molar-refractivity contribution in [2.75, 3.05) is 21.3 Å². The molecule has 0 bridgehead atoms. The quantitative estimate of drug-likeness (QED) is 0.0884. The molecule has 0 saturated heterocycles. The van der Waals surface area contributed by atoms with Gasteiger partial charge < -0.3 is 20.9 Å². The second kappa shape index (κ2) is 15.3. The van der Waals surface area contributed by atoms with Gasteiger partial charge in [0.2, 0.25) is 0 Å². The van der Waals surface area contributed by atoms with Crippen LogP contribution in [0.25, 0.3) is 60.9 Å². The van der Waals surface area contributed by atoms with Crippen molar-refractivity contribution in [1.82, 2.24) is 4.57 Å². The molecule has 0 fully saturated rings. The van der Waals surface area contributed by atoms with Gasteiger partial charge in [0, 0.05) is 33.2 Å². The number of benzene rings is 9. The highest BCUT2D eigenvalue weighted by Gasteiger charge is 2.46. The SMILES string of the molecule is CI.Nc1ccccc1NC(c1ccc2c(c1)C(c1ccccc1)(c1ccccc1)c1ccccc1-2)C1Cc2cccc3c2-c2c(cccc2-c2cccc4c5ccccc5n-3c24)N1. The average Bonchev–Trinajstić information content (AvgIpc) is 3.72. The third-order valence-electron chi connectivity index (χ3n) is 14.0. The molecule has 2 atom stereocenters. The predicted molar refractivity (Wildman–Crippen MR) is 277 cm³/mol. The van der Waals surface area contributed by atoms with Gasteiger partial charge in [0.15, 0.2) is 0 Å². The number of alkyl halides is 1. The topological polar surface area (TPSA) is 55.0 Å². The smallest absolute Gasteiger partial charge is 0.0719 e. The number of halogens is 1. The Hall–Kier alpha value is -7.09. The van der Waals surface area contributed by atoms with Crippen molar-refractivity contribution in [2.24, 2.45) is 0 Å². The van der Waals surface area contributed by atoms with Crippen LogP contribution in [0.5, 0.6) is 0 Å².